The molecule has 0 spiro atoms. The molecule has 0 amide bonds. The zero-order chi connectivity index (χ0) is 15.1. The maximum absolute atomic E-state index is 9.87. The van der Waals surface area contributed by atoms with Crippen molar-refractivity contribution in [2.75, 3.05) is 12.4 Å². The predicted octanol–water partition coefficient (Wildman–Crippen LogP) is -2.61. The molecule has 3 aliphatic rings. The van der Waals surface area contributed by atoms with E-state index in [0.29, 0.717) is 18.8 Å². The van der Waals surface area contributed by atoms with Crippen molar-refractivity contribution in [2.24, 2.45) is 0 Å². The van der Waals surface area contributed by atoms with Gasteiger partial charge >= 0.3 is 0 Å². The Morgan fingerprint density at radius 1 is 0.952 bits per heavy atom. The highest BCUT2D eigenvalue weighted by molar-refractivity contribution is 8.00. The summed E-state index contributed by atoms with van der Waals surface area (Å²) in [7, 11) is 0. The van der Waals surface area contributed by atoms with Gasteiger partial charge in [0.2, 0.25) is 0 Å². The van der Waals surface area contributed by atoms with Crippen molar-refractivity contribution in [1.82, 2.24) is 0 Å². The average molecular weight is 324 g/mol. The van der Waals surface area contributed by atoms with E-state index in [2.05, 4.69) is 0 Å². The molecule has 122 valence electrons. The first-order chi connectivity index (χ1) is 9.97. The van der Waals surface area contributed by atoms with Crippen LogP contribution in [0.25, 0.3) is 0 Å². The van der Waals surface area contributed by atoms with Crippen molar-refractivity contribution >= 4 is 11.8 Å². The van der Waals surface area contributed by atoms with Crippen LogP contribution in [0.15, 0.2) is 0 Å². The smallest absolute Gasteiger partial charge is 0.184 e. The summed E-state index contributed by atoms with van der Waals surface area (Å²) < 4.78 is 15.9. The number of fused-ring (bicyclic) bond motifs is 2. The summed E-state index contributed by atoms with van der Waals surface area (Å²) >= 11 is 1.42. The highest BCUT2D eigenvalue weighted by Crippen LogP contribution is 2.36. The molecular weight excluding hydrogens is 304 g/mol. The van der Waals surface area contributed by atoms with Crippen molar-refractivity contribution in [3.8, 4) is 0 Å². The van der Waals surface area contributed by atoms with Gasteiger partial charge in [0.15, 0.2) is 12.6 Å². The van der Waals surface area contributed by atoms with Gasteiger partial charge in [-0.15, -0.1) is 0 Å². The quantitative estimate of drug-likeness (QED) is 0.379. The summed E-state index contributed by atoms with van der Waals surface area (Å²) in [6.07, 6.45) is -7.43. The molecule has 21 heavy (non-hydrogen) atoms. The molecule has 3 aliphatic heterocycles. The minimum atomic E-state index is -1.53. The summed E-state index contributed by atoms with van der Waals surface area (Å²) in [6.45, 7) is 0.414. The molecule has 2 bridgehead atoms. The molecule has 5 N–H and O–H groups in total. The van der Waals surface area contributed by atoms with Crippen molar-refractivity contribution < 1.29 is 39.7 Å². The Morgan fingerprint density at radius 2 is 1.71 bits per heavy atom. The fourth-order valence-corrected chi connectivity index (χ4v) is 4.20. The second kappa shape index (κ2) is 6.26. The first-order valence-corrected chi connectivity index (χ1v) is 7.96. The second-order valence-corrected chi connectivity index (χ2v) is 6.86. The number of aliphatic hydroxyl groups is 5. The normalized spacial score (nSPS) is 53.9. The first kappa shape index (κ1) is 15.9. The number of aliphatic hydroxyl groups excluding tert-OH is 5. The van der Waals surface area contributed by atoms with Crippen molar-refractivity contribution in [3.05, 3.63) is 0 Å². The van der Waals surface area contributed by atoms with Crippen LogP contribution in [-0.4, -0.2) is 92.3 Å². The van der Waals surface area contributed by atoms with Crippen LogP contribution in [0.3, 0.4) is 0 Å². The van der Waals surface area contributed by atoms with E-state index in [0.717, 1.165) is 0 Å². The lowest BCUT2D eigenvalue weighted by Crippen LogP contribution is -2.58. The minimum absolute atomic E-state index is 0.0179. The van der Waals surface area contributed by atoms with Crippen LogP contribution >= 0.6 is 11.8 Å². The van der Waals surface area contributed by atoms with Gasteiger partial charge in [0.05, 0.1) is 18.8 Å². The molecule has 9 heteroatoms. The highest BCUT2D eigenvalue weighted by Gasteiger charge is 2.46. The van der Waals surface area contributed by atoms with E-state index in [1.807, 2.05) is 0 Å². The van der Waals surface area contributed by atoms with Gasteiger partial charge in [0.25, 0.3) is 0 Å². The molecule has 3 saturated heterocycles. The van der Waals surface area contributed by atoms with Crippen molar-refractivity contribution in [2.45, 2.75) is 60.9 Å². The summed E-state index contributed by atoms with van der Waals surface area (Å²) in [5.74, 6) is 0.296. The fourth-order valence-electron chi connectivity index (χ4n) is 2.80. The van der Waals surface area contributed by atoms with Crippen LogP contribution < -0.4 is 0 Å². The van der Waals surface area contributed by atoms with E-state index in [1.165, 1.54) is 11.8 Å². The zero-order valence-electron chi connectivity index (χ0n) is 11.2. The summed E-state index contributed by atoms with van der Waals surface area (Å²) in [5, 5.41) is 48.2. The van der Waals surface area contributed by atoms with Crippen LogP contribution in [0.4, 0.5) is 0 Å². The number of rotatable bonds is 3. The van der Waals surface area contributed by atoms with Gasteiger partial charge in [-0.05, 0) is 6.42 Å². The first-order valence-electron chi connectivity index (χ1n) is 6.92. The second-order valence-electron chi connectivity index (χ2n) is 5.59. The van der Waals surface area contributed by atoms with E-state index >= 15 is 0 Å². The van der Waals surface area contributed by atoms with Crippen molar-refractivity contribution in [1.29, 1.82) is 0 Å². The molecule has 3 heterocycles. The molecule has 0 radical (unpaired) electrons. The summed E-state index contributed by atoms with van der Waals surface area (Å²) in [6, 6.07) is 0. The van der Waals surface area contributed by atoms with E-state index in [-0.39, 0.29) is 11.4 Å². The lowest BCUT2D eigenvalue weighted by Gasteiger charge is -2.39. The van der Waals surface area contributed by atoms with Gasteiger partial charge in [-0.2, -0.15) is 11.8 Å². The molecule has 9 atom stereocenters. The maximum Gasteiger partial charge on any atom is 0.184 e. The molecule has 0 aromatic carbocycles. The number of hydrogen-bond acceptors (Lipinski definition) is 9. The standard InChI is InChI=1S/C12H20O8S/c13-4-1-7(5-2-18-12(4)20-5)21-3-6-8(14)9(15)10(16)11(17)19-6/h4-17H,1-3H2/t4-,5-,6-,7-,8+,9+,10-,11+,12-/m1/s1. The SMILES string of the molecule is O[C@@H]1[C@@H](O)[C@@H](O)O[C@H](CS[C@@H]2C[C@@H](O)[C@@H]3OC[C@H]2O3)[C@@H]1O. The Kier molecular flexibility index (Phi) is 4.74. The van der Waals surface area contributed by atoms with E-state index in [4.69, 9.17) is 14.2 Å². The highest BCUT2D eigenvalue weighted by atomic mass is 32.2. The lowest BCUT2D eigenvalue weighted by atomic mass is 10.0. The molecule has 3 rings (SSSR count). The number of thioether (sulfide) groups is 1. The van der Waals surface area contributed by atoms with Crippen LogP contribution in [0, 0.1) is 0 Å². The molecular formula is C12H20O8S. The largest absolute Gasteiger partial charge is 0.388 e. The minimum Gasteiger partial charge on any atom is -0.388 e. The predicted molar refractivity (Wildman–Crippen MR) is 70.4 cm³/mol. The lowest BCUT2D eigenvalue weighted by molar-refractivity contribution is -0.276. The van der Waals surface area contributed by atoms with Gasteiger partial charge < -0.3 is 39.7 Å². The van der Waals surface area contributed by atoms with Crippen LogP contribution in [0.2, 0.25) is 0 Å². The van der Waals surface area contributed by atoms with E-state index in [9.17, 15) is 25.5 Å². The third-order valence-corrected chi connectivity index (χ3v) is 5.54. The van der Waals surface area contributed by atoms with E-state index < -0.39 is 43.1 Å². The number of ether oxygens (including phenoxy) is 3. The summed E-state index contributed by atoms with van der Waals surface area (Å²) in [4.78, 5) is 0. The van der Waals surface area contributed by atoms with Gasteiger partial charge in [-0.25, -0.2) is 0 Å². The van der Waals surface area contributed by atoms with Gasteiger partial charge in [0, 0.05) is 11.0 Å². The Hall–Kier alpha value is 0.0300. The number of hydrogen-bond donors (Lipinski definition) is 5. The molecule has 0 unspecified atom stereocenters. The topological polar surface area (TPSA) is 129 Å². The molecule has 3 fully saturated rings. The fraction of sp³-hybridized carbons (Fsp3) is 1.00. The third-order valence-electron chi connectivity index (χ3n) is 4.10. The monoisotopic (exact) mass is 324 g/mol. The maximum atomic E-state index is 9.87. The van der Waals surface area contributed by atoms with Gasteiger partial charge in [0.1, 0.15) is 24.4 Å². The molecule has 8 nitrogen and oxygen atoms in total. The van der Waals surface area contributed by atoms with E-state index in [1.54, 1.807) is 0 Å². The van der Waals surface area contributed by atoms with Crippen molar-refractivity contribution in [3.63, 3.8) is 0 Å². The van der Waals surface area contributed by atoms with Crippen LogP contribution in [-0.2, 0) is 14.2 Å². The molecule has 0 saturated carbocycles. The summed E-state index contributed by atoms with van der Waals surface area (Å²) in [5.41, 5.74) is 0. The van der Waals surface area contributed by atoms with Crippen LogP contribution in [0.1, 0.15) is 6.42 Å². The Balaban J connectivity index is 1.55. The van der Waals surface area contributed by atoms with Gasteiger partial charge in [-0.1, -0.05) is 0 Å². The Morgan fingerprint density at radius 3 is 2.48 bits per heavy atom. The Bertz CT molecular complexity index is 371. The Labute approximate surface area is 125 Å². The van der Waals surface area contributed by atoms with Gasteiger partial charge in [-0.3, -0.25) is 0 Å². The zero-order valence-corrected chi connectivity index (χ0v) is 12.0. The average Bonchev–Trinajstić information content (AvgIpc) is 2.90. The molecule has 0 aliphatic carbocycles. The molecule has 0 aromatic heterocycles. The van der Waals surface area contributed by atoms with Crippen LogP contribution in [0.5, 0.6) is 0 Å². The third kappa shape index (κ3) is 3.07. The molecule has 0 aromatic rings.